The fourth-order valence-corrected chi connectivity index (χ4v) is 4.46. The summed E-state index contributed by atoms with van der Waals surface area (Å²) in [6.45, 7) is 0. The number of aromatic nitrogens is 1. The lowest BCUT2D eigenvalue weighted by Crippen LogP contribution is -2.37. The summed E-state index contributed by atoms with van der Waals surface area (Å²) in [5.41, 5.74) is 8.47. The maximum absolute atomic E-state index is 13.7. The summed E-state index contributed by atoms with van der Waals surface area (Å²) in [6.07, 6.45) is 1.69. The molecule has 5 N–H and O–H groups in total. The van der Waals surface area contributed by atoms with Crippen LogP contribution in [0.4, 0.5) is 15.9 Å². The first-order valence-corrected chi connectivity index (χ1v) is 12.8. The minimum atomic E-state index is -0.717. The number of phenolic OH excluding ortho intramolecular Hbond substituents is 1. The van der Waals surface area contributed by atoms with Gasteiger partial charge in [0.05, 0.1) is 12.0 Å². The zero-order valence-electron chi connectivity index (χ0n) is 22.0. The molecule has 0 saturated heterocycles. The molecule has 5 aromatic rings. The topological polar surface area (TPSA) is 154 Å². The van der Waals surface area contributed by atoms with E-state index in [4.69, 9.17) is 10.2 Å². The van der Waals surface area contributed by atoms with Gasteiger partial charge in [0, 0.05) is 29.3 Å². The molecule has 0 saturated carbocycles. The minimum Gasteiger partial charge on any atom is -0.507 e. The van der Waals surface area contributed by atoms with Crippen molar-refractivity contribution in [2.45, 2.75) is 12.5 Å². The molecule has 0 aliphatic heterocycles. The summed E-state index contributed by atoms with van der Waals surface area (Å²) in [6, 6.07) is 25.8. The van der Waals surface area contributed by atoms with Crippen LogP contribution in [-0.4, -0.2) is 27.9 Å². The van der Waals surface area contributed by atoms with Crippen LogP contribution in [0.25, 0.3) is 22.4 Å². The number of aromatic hydroxyl groups is 1. The number of primary amides is 1. The smallest absolute Gasteiger partial charge is 0.292 e. The Kier molecular flexibility index (Phi) is 7.93. The van der Waals surface area contributed by atoms with Gasteiger partial charge in [-0.05, 0) is 53.6 Å². The van der Waals surface area contributed by atoms with E-state index in [2.05, 4.69) is 21.7 Å². The van der Waals surface area contributed by atoms with Crippen LogP contribution in [0.2, 0.25) is 0 Å². The largest absolute Gasteiger partial charge is 0.507 e. The molecule has 2 amide bonds. The van der Waals surface area contributed by atoms with Gasteiger partial charge in [0.15, 0.2) is 11.6 Å². The zero-order chi connectivity index (χ0) is 29.6. The maximum atomic E-state index is 13.7. The number of hydrogen-bond acceptors (Lipinski definition) is 7. The number of nitrogens with one attached hydrogen (secondary N) is 2. The van der Waals surface area contributed by atoms with E-state index in [9.17, 15) is 24.3 Å². The summed E-state index contributed by atoms with van der Waals surface area (Å²) in [7, 11) is 0. The number of nitrogens with two attached hydrogens (primary N) is 1. The third-order valence-electron chi connectivity index (χ3n) is 6.48. The van der Waals surface area contributed by atoms with Gasteiger partial charge in [0.2, 0.25) is 5.91 Å². The number of rotatable bonds is 9. The van der Waals surface area contributed by atoms with E-state index in [0.717, 1.165) is 17.7 Å². The molecule has 0 fully saturated rings. The summed E-state index contributed by atoms with van der Waals surface area (Å²) in [5, 5.41) is 26.4. The number of halogens is 1. The zero-order valence-corrected chi connectivity index (χ0v) is 22.0. The number of pyridine rings is 1. The first-order chi connectivity index (χ1) is 20.3. The number of benzene rings is 3. The highest BCUT2D eigenvalue weighted by molar-refractivity contribution is 6.03. The van der Waals surface area contributed by atoms with E-state index >= 15 is 0 Å². The van der Waals surface area contributed by atoms with Gasteiger partial charge in [-0.15, -0.1) is 0 Å². The first kappa shape index (κ1) is 27.6. The molecule has 208 valence electrons. The monoisotopic (exact) mass is 561 g/mol. The Morgan fingerprint density at radius 2 is 1.81 bits per heavy atom. The van der Waals surface area contributed by atoms with Crippen LogP contribution in [-0.2, 0) is 11.2 Å². The quantitative estimate of drug-likeness (QED) is 0.186. The summed E-state index contributed by atoms with van der Waals surface area (Å²) >= 11 is 0. The molecule has 3 aromatic carbocycles. The van der Waals surface area contributed by atoms with Crippen molar-refractivity contribution in [3.8, 4) is 34.2 Å². The van der Waals surface area contributed by atoms with Crippen LogP contribution < -0.4 is 16.4 Å². The Morgan fingerprint density at radius 1 is 1.00 bits per heavy atom. The van der Waals surface area contributed by atoms with Gasteiger partial charge in [-0.2, -0.15) is 5.26 Å². The molecule has 5 rings (SSSR count). The Bertz CT molecular complexity index is 1800. The molecule has 10 heteroatoms. The summed E-state index contributed by atoms with van der Waals surface area (Å²) < 4.78 is 18.9. The van der Waals surface area contributed by atoms with Crippen molar-refractivity contribution in [2.24, 2.45) is 5.73 Å². The maximum Gasteiger partial charge on any atom is 0.292 e. The molecule has 42 heavy (non-hydrogen) atoms. The standard InChI is InChI=1S/C32H24FN5O4/c33-21-11-12-23(28(39)16-21)26-17-24(25(18-34)31(37-26)38-32(41)29-10-5-13-42-29)20-8-4-9-22(15-20)36-27(30(35)40)14-19-6-2-1-3-7-19/h1-13,15-17,27,36,39H,14H2,(H2,35,40)(H,37,38,41)/t27-/m1/s1. The van der Waals surface area contributed by atoms with Crippen molar-refractivity contribution < 1.29 is 23.5 Å². The van der Waals surface area contributed by atoms with Crippen molar-refractivity contribution in [3.63, 3.8) is 0 Å². The lowest BCUT2D eigenvalue weighted by molar-refractivity contribution is -0.118. The molecule has 0 radical (unpaired) electrons. The Balaban J connectivity index is 1.58. The third kappa shape index (κ3) is 6.11. The van der Waals surface area contributed by atoms with Crippen LogP contribution in [0.15, 0.2) is 102 Å². The number of phenols is 1. The number of carbonyl (C=O) groups excluding carboxylic acids is 2. The fraction of sp³-hybridized carbons (Fsp3) is 0.0625. The highest BCUT2D eigenvalue weighted by Gasteiger charge is 2.21. The molecule has 0 spiro atoms. The average molecular weight is 562 g/mol. The van der Waals surface area contributed by atoms with Crippen molar-refractivity contribution in [1.82, 2.24) is 4.98 Å². The lowest BCUT2D eigenvalue weighted by Gasteiger charge is -2.18. The van der Waals surface area contributed by atoms with Crippen LogP contribution in [0.5, 0.6) is 5.75 Å². The lowest BCUT2D eigenvalue weighted by atomic mass is 9.97. The van der Waals surface area contributed by atoms with Gasteiger partial charge in [-0.1, -0.05) is 42.5 Å². The molecular weight excluding hydrogens is 537 g/mol. The Hall–Kier alpha value is -5.95. The average Bonchev–Trinajstić information content (AvgIpc) is 3.53. The number of amides is 2. The number of hydrogen-bond donors (Lipinski definition) is 4. The molecular formula is C32H24FN5O4. The van der Waals surface area contributed by atoms with Gasteiger partial charge in [0.25, 0.3) is 5.91 Å². The van der Waals surface area contributed by atoms with E-state index in [1.54, 1.807) is 36.4 Å². The molecule has 0 aliphatic carbocycles. The predicted octanol–water partition coefficient (Wildman–Crippen LogP) is 5.49. The summed E-state index contributed by atoms with van der Waals surface area (Å²) in [4.78, 5) is 29.5. The second kappa shape index (κ2) is 12.1. The fourth-order valence-electron chi connectivity index (χ4n) is 4.46. The highest BCUT2D eigenvalue weighted by atomic mass is 19.1. The molecule has 0 unspecified atom stereocenters. The molecule has 1 atom stereocenters. The van der Waals surface area contributed by atoms with E-state index in [1.165, 1.54) is 18.4 Å². The normalized spacial score (nSPS) is 11.3. The van der Waals surface area contributed by atoms with E-state index in [1.807, 2.05) is 30.3 Å². The van der Waals surface area contributed by atoms with Gasteiger partial charge in [-0.3, -0.25) is 9.59 Å². The van der Waals surface area contributed by atoms with E-state index in [0.29, 0.717) is 23.2 Å². The Labute approximate surface area is 240 Å². The number of anilines is 2. The SMILES string of the molecule is N#Cc1c(-c2cccc(N[C@H](Cc3ccccc3)C(N)=O)c2)cc(-c2ccc(F)cc2O)nc1NC(=O)c1ccco1. The van der Waals surface area contributed by atoms with E-state index in [-0.39, 0.29) is 34.1 Å². The van der Waals surface area contributed by atoms with Crippen LogP contribution in [0, 0.1) is 17.1 Å². The Morgan fingerprint density at radius 3 is 2.50 bits per heavy atom. The van der Waals surface area contributed by atoms with Crippen molar-refractivity contribution in [2.75, 3.05) is 10.6 Å². The van der Waals surface area contributed by atoms with Gasteiger partial charge in [-0.25, -0.2) is 9.37 Å². The van der Waals surface area contributed by atoms with Crippen LogP contribution in [0.3, 0.4) is 0 Å². The molecule has 2 heterocycles. The van der Waals surface area contributed by atoms with E-state index < -0.39 is 23.7 Å². The van der Waals surface area contributed by atoms with Gasteiger partial charge < -0.3 is 25.9 Å². The second-order valence-electron chi connectivity index (χ2n) is 9.35. The van der Waals surface area contributed by atoms with Gasteiger partial charge >= 0.3 is 0 Å². The number of nitrogens with zero attached hydrogens (tertiary/aromatic N) is 2. The number of carbonyl (C=O) groups is 2. The van der Waals surface area contributed by atoms with Crippen molar-refractivity contribution in [3.05, 3.63) is 120 Å². The highest BCUT2D eigenvalue weighted by Crippen LogP contribution is 2.36. The predicted molar refractivity (Wildman–Crippen MR) is 155 cm³/mol. The van der Waals surface area contributed by atoms with Crippen molar-refractivity contribution in [1.29, 1.82) is 5.26 Å². The first-order valence-electron chi connectivity index (χ1n) is 12.8. The molecule has 9 nitrogen and oxygen atoms in total. The van der Waals surface area contributed by atoms with Crippen LogP contribution >= 0.6 is 0 Å². The number of furan rings is 1. The molecule has 0 aliphatic rings. The van der Waals surface area contributed by atoms with Crippen molar-refractivity contribution >= 4 is 23.3 Å². The minimum absolute atomic E-state index is 0.000575. The number of nitriles is 1. The van der Waals surface area contributed by atoms with Crippen LogP contribution in [0.1, 0.15) is 21.7 Å². The molecule has 0 bridgehead atoms. The summed E-state index contributed by atoms with van der Waals surface area (Å²) in [5.74, 6) is -2.29. The second-order valence-corrected chi connectivity index (χ2v) is 9.35. The molecule has 2 aromatic heterocycles. The van der Waals surface area contributed by atoms with Gasteiger partial charge in [0.1, 0.15) is 29.2 Å². The third-order valence-corrected chi connectivity index (χ3v) is 6.48.